The number of benzene rings is 1. The van der Waals surface area contributed by atoms with Gasteiger partial charge in [0.05, 0.1) is 24.9 Å². The van der Waals surface area contributed by atoms with Gasteiger partial charge in [-0.25, -0.2) is 0 Å². The van der Waals surface area contributed by atoms with Crippen LogP contribution in [-0.2, 0) is 20.7 Å². The predicted octanol–water partition coefficient (Wildman–Crippen LogP) is 3.21. The number of carboxylic acid groups (broad SMARTS) is 1. The third kappa shape index (κ3) is 5.89. The number of hydrogen-bond acceptors (Lipinski definition) is 4. The van der Waals surface area contributed by atoms with Crippen molar-refractivity contribution in [3.8, 4) is 0 Å². The lowest BCUT2D eigenvalue weighted by atomic mass is 9.79. The quantitative estimate of drug-likeness (QED) is 0.459. The van der Waals surface area contributed by atoms with E-state index in [0.29, 0.717) is 32.0 Å². The van der Waals surface area contributed by atoms with Crippen molar-refractivity contribution in [2.45, 2.75) is 56.8 Å². The van der Waals surface area contributed by atoms with Gasteiger partial charge in [0.15, 0.2) is 0 Å². The van der Waals surface area contributed by atoms with Crippen LogP contribution in [-0.4, -0.2) is 47.7 Å². The van der Waals surface area contributed by atoms with Crippen molar-refractivity contribution in [3.63, 3.8) is 0 Å². The molecular weight excluding hydrogens is 344 g/mol. The molecule has 148 valence electrons. The first-order valence-corrected chi connectivity index (χ1v) is 9.99. The SMILES string of the molecule is O=C(O)CCCCOC[C@H]1[C@@H](C=CC(O)Cc2ccccc2)[C@H]2CC[C@@H]1O2. The second kappa shape index (κ2) is 10.0. The Morgan fingerprint density at radius 3 is 2.78 bits per heavy atom. The molecule has 1 aromatic carbocycles. The first-order valence-electron chi connectivity index (χ1n) is 9.99. The van der Waals surface area contributed by atoms with Gasteiger partial charge in [-0.1, -0.05) is 42.5 Å². The molecule has 2 heterocycles. The minimum atomic E-state index is -0.754. The number of carbonyl (C=O) groups is 1. The van der Waals surface area contributed by atoms with Gasteiger partial charge in [0, 0.05) is 31.3 Å². The normalized spacial score (nSPS) is 28.0. The van der Waals surface area contributed by atoms with Crippen molar-refractivity contribution < 1.29 is 24.5 Å². The summed E-state index contributed by atoms with van der Waals surface area (Å²) >= 11 is 0. The van der Waals surface area contributed by atoms with Crippen molar-refractivity contribution in [1.29, 1.82) is 0 Å². The van der Waals surface area contributed by atoms with Crippen LogP contribution in [0.15, 0.2) is 42.5 Å². The first-order chi connectivity index (χ1) is 13.1. The standard InChI is InChI=1S/C22H30O5/c23-17(14-16-6-2-1-3-7-16)9-10-18-19(21-12-11-20(18)27-21)15-26-13-5-4-8-22(24)25/h1-3,6-7,9-10,17-21,23H,4-5,8,11-15H2,(H,24,25)/t17?,18-,19+,20-,21+/m1/s1. The fourth-order valence-corrected chi connectivity index (χ4v) is 4.18. The highest BCUT2D eigenvalue weighted by molar-refractivity contribution is 5.66. The molecule has 2 N–H and O–H groups in total. The molecule has 0 spiro atoms. The number of rotatable bonds is 11. The zero-order chi connectivity index (χ0) is 19.1. The third-order valence-electron chi connectivity index (χ3n) is 5.57. The first kappa shape index (κ1) is 20.1. The molecule has 0 aliphatic carbocycles. The molecule has 2 bridgehead atoms. The minimum absolute atomic E-state index is 0.200. The number of ether oxygens (including phenoxy) is 2. The number of aliphatic hydroxyl groups excluding tert-OH is 1. The van der Waals surface area contributed by atoms with Gasteiger partial charge in [0.1, 0.15) is 0 Å². The molecule has 5 nitrogen and oxygen atoms in total. The zero-order valence-electron chi connectivity index (χ0n) is 15.7. The van der Waals surface area contributed by atoms with E-state index in [2.05, 4.69) is 6.08 Å². The third-order valence-corrected chi connectivity index (χ3v) is 5.57. The summed E-state index contributed by atoms with van der Waals surface area (Å²) in [5, 5.41) is 19.0. The van der Waals surface area contributed by atoms with E-state index in [1.165, 1.54) is 0 Å². The van der Waals surface area contributed by atoms with Crippen molar-refractivity contribution in [2.24, 2.45) is 11.8 Å². The van der Waals surface area contributed by atoms with Crippen LogP contribution < -0.4 is 0 Å². The minimum Gasteiger partial charge on any atom is -0.481 e. The van der Waals surface area contributed by atoms with Crippen LogP contribution in [0.4, 0.5) is 0 Å². The number of aliphatic carboxylic acids is 1. The molecule has 0 radical (unpaired) electrons. The summed E-state index contributed by atoms with van der Waals surface area (Å²) in [4.78, 5) is 10.5. The van der Waals surface area contributed by atoms with Gasteiger partial charge in [0.25, 0.3) is 0 Å². The van der Waals surface area contributed by atoms with Gasteiger partial charge in [-0.3, -0.25) is 4.79 Å². The Bertz CT molecular complexity index is 614. The summed E-state index contributed by atoms with van der Waals surface area (Å²) in [6, 6.07) is 10.0. The average Bonchev–Trinajstić information content (AvgIpc) is 3.25. The van der Waals surface area contributed by atoms with E-state index in [1.807, 2.05) is 36.4 Å². The smallest absolute Gasteiger partial charge is 0.303 e. The van der Waals surface area contributed by atoms with Crippen molar-refractivity contribution in [3.05, 3.63) is 48.0 Å². The second-order valence-electron chi connectivity index (χ2n) is 7.60. The van der Waals surface area contributed by atoms with Crippen LogP contribution in [0.1, 0.15) is 37.7 Å². The number of fused-ring (bicyclic) bond motifs is 2. The van der Waals surface area contributed by atoms with Gasteiger partial charge in [0.2, 0.25) is 0 Å². The summed E-state index contributed by atoms with van der Waals surface area (Å²) in [5.41, 5.74) is 1.13. The van der Waals surface area contributed by atoms with E-state index in [9.17, 15) is 9.90 Å². The molecule has 2 aliphatic rings. The van der Waals surface area contributed by atoms with Crippen LogP contribution in [0.25, 0.3) is 0 Å². The van der Waals surface area contributed by atoms with Gasteiger partial charge in [-0.15, -0.1) is 0 Å². The Morgan fingerprint density at radius 2 is 2.00 bits per heavy atom. The Balaban J connectivity index is 1.45. The lowest BCUT2D eigenvalue weighted by Gasteiger charge is -2.25. The number of aliphatic hydroxyl groups is 1. The maximum atomic E-state index is 10.5. The maximum absolute atomic E-state index is 10.5. The van der Waals surface area contributed by atoms with E-state index in [-0.39, 0.29) is 24.5 Å². The largest absolute Gasteiger partial charge is 0.481 e. The van der Waals surface area contributed by atoms with Crippen LogP contribution in [0.3, 0.4) is 0 Å². The topological polar surface area (TPSA) is 76.0 Å². The Labute approximate surface area is 161 Å². The van der Waals surface area contributed by atoms with Crippen molar-refractivity contribution in [2.75, 3.05) is 13.2 Å². The van der Waals surface area contributed by atoms with Gasteiger partial charge < -0.3 is 19.7 Å². The lowest BCUT2D eigenvalue weighted by molar-refractivity contribution is -0.137. The highest BCUT2D eigenvalue weighted by atomic mass is 16.5. The Hall–Kier alpha value is -1.69. The fourth-order valence-electron chi connectivity index (χ4n) is 4.18. The second-order valence-corrected chi connectivity index (χ2v) is 7.60. The maximum Gasteiger partial charge on any atom is 0.303 e. The van der Waals surface area contributed by atoms with E-state index >= 15 is 0 Å². The molecule has 3 rings (SSSR count). The molecule has 2 aliphatic heterocycles. The molecule has 27 heavy (non-hydrogen) atoms. The lowest BCUT2D eigenvalue weighted by Crippen LogP contribution is -2.30. The Kier molecular flexibility index (Phi) is 7.44. The van der Waals surface area contributed by atoms with Crippen molar-refractivity contribution in [1.82, 2.24) is 0 Å². The summed E-state index contributed by atoms with van der Waals surface area (Å²) in [6.07, 6.45) is 8.39. The summed E-state index contributed by atoms with van der Waals surface area (Å²) in [7, 11) is 0. The fraction of sp³-hybridized carbons (Fsp3) is 0.591. The monoisotopic (exact) mass is 374 g/mol. The number of hydrogen-bond donors (Lipinski definition) is 2. The summed E-state index contributed by atoms with van der Waals surface area (Å²) in [6.45, 7) is 1.23. The Morgan fingerprint density at radius 1 is 1.22 bits per heavy atom. The average molecular weight is 374 g/mol. The molecule has 1 unspecified atom stereocenters. The van der Waals surface area contributed by atoms with Crippen LogP contribution in [0, 0.1) is 11.8 Å². The van der Waals surface area contributed by atoms with E-state index in [1.54, 1.807) is 0 Å². The molecular formula is C22H30O5. The molecule has 0 amide bonds. The highest BCUT2D eigenvalue weighted by Crippen LogP contribution is 2.44. The van der Waals surface area contributed by atoms with E-state index in [4.69, 9.17) is 14.6 Å². The molecule has 0 aromatic heterocycles. The summed E-state index contributed by atoms with van der Waals surface area (Å²) < 4.78 is 11.9. The number of carboxylic acids is 1. The molecule has 2 saturated heterocycles. The molecule has 5 atom stereocenters. The predicted molar refractivity (Wildman–Crippen MR) is 102 cm³/mol. The van der Waals surface area contributed by atoms with Gasteiger partial charge in [-0.05, 0) is 31.2 Å². The van der Waals surface area contributed by atoms with Gasteiger partial charge in [-0.2, -0.15) is 0 Å². The van der Waals surface area contributed by atoms with Crippen LogP contribution in [0.2, 0.25) is 0 Å². The van der Waals surface area contributed by atoms with Crippen molar-refractivity contribution >= 4 is 5.97 Å². The molecule has 5 heteroatoms. The van der Waals surface area contributed by atoms with E-state index in [0.717, 1.165) is 24.8 Å². The van der Waals surface area contributed by atoms with Gasteiger partial charge >= 0.3 is 5.97 Å². The molecule has 2 fully saturated rings. The zero-order valence-corrected chi connectivity index (χ0v) is 15.7. The molecule has 0 saturated carbocycles. The van der Waals surface area contributed by atoms with Crippen LogP contribution in [0.5, 0.6) is 0 Å². The number of unbranched alkanes of at least 4 members (excludes halogenated alkanes) is 1. The summed E-state index contributed by atoms with van der Waals surface area (Å²) in [5.74, 6) is -0.146. The molecule has 1 aromatic rings. The van der Waals surface area contributed by atoms with Crippen LogP contribution >= 0.6 is 0 Å². The van der Waals surface area contributed by atoms with E-state index < -0.39 is 12.1 Å². The highest BCUT2D eigenvalue weighted by Gasteiger charge is 2.47.